The number of carbonyl (C=O) groups is 2. The zero-order valence-corrected chi connectivity index (χ0v) is 23.3. The number of amides is 2. The summed E-state index contributed by atoms with van der Waals surface area (Å²) in [7, 11) is 0. The van der Waals surface area contributed by atoms with E-state index in [-0.39, 0.29) is 18.4 Å². The molecule has 0 saturated carbocycles. The van der Waals surface area contributed by atoms with E-state index >= 15 is 0 Å². The van der Waals surface area contributed by atoms with Gasteiger partial charge < -0.3 is 20.6 Å². The summed E-state index contributed by atoms with van der Waals surface area (Å²) in [4.78, 5) is 28.3. The molecule has 6 rings (SSSR count). The summed E-state index contributed by atoms with van der Waals surface area (Å²) >= 11 is 1.40. The topological polar surface area (TPSA) is 99.5 Å². The lowest BCUT2D eigenvalue weighted by molar-refractivity contribution is 0.102. The summed E-state index contributed by atoms with van der Waals surface area (Å²) in [5.41, 5.74) is 4.91. The molecule has 1 saturated heterocycles. The van der Waals surface area contributed by atoms with Crippen LogP contribution in [0.25, 0.3) is 16.6 Å². The van der Waals surface area contributed by atoms with Crippen molar-refractivity contribution in [2.45, 2.75) is 19.3 Å². The molecule has 208 valence electrons. The van der Waals surface area contributed by atoms with Gasteiger partial charge in [0.1, 0.15) is 0 Å². The SMILES string of the molecule is O=C(Nc1ccc2c(cnn2-c2ccc(NC(=O)c3cccs3)cc2)c1)c1ccc(N2CCC(CCO)CC2)cc1. The maximum absolute atomic E-state index is 13.0. The van der Waals surface area contributed by atoms with Crippen molar-refractivity contribution in [3.8, 4) is 5.69 Å². The third kappa shape index (κ3) is 6.01. The summed E-state index contributed by atoms with van der Waals surface area (Å²) in [6.45, 7) is 2.21. The first-order chi connectivity index (χ1) is 20.1. The van der Waals surface area contributed by atoms with Crippen molar-refractivity contribution in [3.63, 3.8) is 0 Å². The Bertz CT molecular complexity index is 1640. The van der Waals surface area contributed by atoms with Gasteiger partial charge in [-0.3, -0.25) is 9.59 Å². The van der Waals surface area contributed by atoms with Gasteiger partial charge in [0.15, 0.2) is 0 Å². The van der Waals surface area contributed by atoms with Crippen LogP contribution in [0.15, 0.2) is 90.4 Å². The fraction of sp³-hybridized carbons (Fsp3) is 0.219. The third-order valence-electron chi connectivity index (χ3n) is 7.59. The molecule has 0 spiro atoms. The summed E-state index contributed by atoms with van der Waals surface area (Å²) in [6, 6.07) is 24.7. The van der Waals surface area contributed by atoms with Gasteiger partial charge in [-0.2, -0.15) is 5.10 Å². The lowest BCUT2D eigenvalue weighted by Crippen LogP contribution is -2.33. The molecular weight excluding hydrogens is 534 g/mol. The predicted molar refractivity (Wildman–Crippen MR) is 164 cm³/mol. The van der Waals surface area contributed by atoms with Gasteiger partial charge in [0, 0.05) is 47.7 Å². The van der Waals surface area contributed by atoms with Crippen molar-refractivity contribution in [2.75, 3.05) is 35.2 Å². The summed E-state index contributed by atoms with van der Waals surface area (Å²) in [5, 5.41) is 22.4. The third-order valence-corrected chi connectivity index (χ3v) is 8.46. The minimum Gasteiger partial charge on any atom is -0.396 e. The van der Waals surface area contributed by atoms with E-state index in [4.69, 9.17) is 0 Å². The number of hydrogen-bond acceptors (Lipinski definition) is 6. The number of aromatic nitrogens is 2. The van der Waals surface area contributed by atoms with Gasteiger partial charge in [0.2, 0.25) is 0 Å². The molecular formula is C32H31N5O3S. The van der Waals surface area contributed by atoms with Crippen LogP contribution in [0, 0.1) is 5.92 Å². The van der Waals surface area contributed by atoms with E-state index in [2.05, 4.69) is 20.6 Å². The molecule has 2 aromatic heterocycles. The molecule has 3 N–H and O–H groups in total. The fourth-order valence-corrected chi connectivity index (χ4v) is 5.91. The molecule has 1 fully saturated rings. The van der Waals surface area contributed by atoms with E-state index in [1.54, 1.807) is 12.3 Å². The largest absolute Gasteiger partial charge is 0.396 e. The number of anilines is 3. The van der Waals surface area contributed by atoms with Crippen molar-refractivity contribution in [3.05, 3.63) is 101 Å². The number of carbonyl (C=O) groups excluding carboxylic acids is 2. The molecule has 3 heterocycles. The van der Waals surface area contributed by atoms with Gasteiger partial charge >= 0.3 is 0 Å². The van der Waals surface area contributed by atoms with Gasteiger partial charge in [0.25, 0.3) is 11.8 Å². The molecule has 0 unspecified atom stereocenters. The standard InChI is InChI=1S/C32H31N5O3S/c38-18-15-22-13-16-36(17-14-22)27-8-3-23(4-9-27)31(39)35-26-7-12-29-24(20-26)21-33-37(29)28-10-5-25(6-11-28)34-32(40)30-2-1-19-41-30/h1-12,19-22,38H,13-18H2,(H,34,40)(H,35,39). The first-order valence-electron chi connectivity index (χ1n) is 13.8. The maximum atomic E-state index is 13.0. The van der Waals surface area contributed by atoms with E-state index in [1.165, 1.54) is 11.3 Å². The Labute approximate surface area is 242 Å². The van der Waals surface area contributed by atoms with Crippen molar-refractivity contribution in [1.29, 1.82) is 0 Å². The van der Waals surface area contributed by atoms with Crippen LogP contribution in [0.1, 0.15) is 39.3 Å². The van der Waals surface area contributed by atoms with Gasteiger partial charge in [0.05, 0.1) is 22.3 Å². The fourth-order valence-electron chi connectivity index (χ4n) is 5.29. The van der Waals surface area contributed by atoms with E-state index in [9.17, 15) is 14.7 Å². The first-order valence-corrected chi connectivity index (χ1v) is 14.7. The number of benzene rings is 3. The number of aliphatic hydroxyl groups is 1. The Balaban J connectivity index is 1.09. The number of fused-ring (bicyclic) bond motifs is 1. The molecule has 8 nitrogen and oxygen atoms in total. The monoisotopic (exact) mass is 565 g/mol. The Morgan fingerprint density at radius 2 is 1.59 bits per heavy atom. The minimum absolute atomic E-state index is 0.127. The second kappa shape index (κ2) is 12.0. The maximum Gasteiger partial charge on any atom is 0.265 e. The number of piperidine rings is 1. The zero-order valence-electron chi connectivity index (χ0n) is 22.5. The molecule has 0 radical (unpaired) electrons. The van der Waals surface area contributed by atoms with E-state index < -0.39 is 0 Å². The highest BCUT2D eigenvalue weighted by Gasteiger charge is 2.19. The van der Waals surface area contributed by atoms with Crippen LogP contribution in [0.2, 0.25) is 0 Å². The average molecular weight is 566 g/mol. The van der Waals surface area contributed by atoms with Crippen LogP contribution in [0.3, 0.4) is 0 Å². The van der Waals surface area contributed by atoms with Crippen molar-refractivity contribution < 1.29 is 14.7 Å². The smallest absolute Gasteiger partial charge is 0.265 e. The molecule has 9 heteroatoms. The second-order valence-electron chi connectivity index (χ2n) is 10.3. The predicted octanol–water partition coefficient (Wildman–Crippen LogP) is 6.19. The normalized spacial score (nSPS) is 13.8. The summed E-state index contributed by atoms with van der Waals surface area (Å²) in [6.07, 6.45) is 4.82. The first kappa shape index (κ1) is 26.7. The quantitative estimate of drug-likeness (QED) is 0.208. The van der Waals surface area contributed by atoms with Gasteiger partial charge in [-0.1, -0.05) is 6.07 Å². The van der Waals surface area contributed by atoms with Crippen LogP contribution in [0.5, 0.6) is 0 Å². The van der Waals surface area contributed by atoms with Crippen LogP contribution in [-0.4, -0.2) is 46.4 Å². The van der Waals surface area contributed by atoms with Crippen LogP contribution >= 0.6 is 11.3 Å². The average Bonchev–Trinajstić information content (AvgIpc) is 3.69. The number of nitrogens with zero attached hydrogens (tertiary/aromatic N) is 3. The second-order valence-corrected chi connectivity index (χ2v) is 11.2. The molecule has 3 aromatic carbocycles. The Kier molecular flexibility index (Phi) is 7.80. The molecule has 0 atom stereocenters. The Hall–Kier alpha value is -4.47. The van der Waals surface area contributed by atoms with Gasteiger partial charge in [-0.15, -0.1) is 11.3 Å². The summed E-state index contributed by atoms with van der Waals surface area (Å²) < 4.78 is 1.83. The molecule has 0 aliphatic carbocycles. The van der Waals surface area contributed by atoms with E-state index in [0.29, 0.717) is 27.7 Å². The highest BCUT2D eigenvalue weighted by atomic mass is 32.1. The van der Waals surface area contributed by atoms with E-state index in [1.807, 2.05) is 82.9 Å². The number of hydrogen-bond donors (Lipinski definition) is 3. The molecule has 1 aliphatic heterocycles. The van der Waals surface area contributed by atoms with Crippen LogP contribution in [0.4, 0.5) is 17.1 Å². The molecule has 1 aliphatic rings. The number of thiophene rings is 1. The molecule has 5 aromatic rings. The van der Waals surface area contributed by atoms with E-state index in [0.717, 1.165) is 54.6 Å². The van der Waals surface area contributed by atoms with Crippen molar-refractivity contribution in [1.82, 2.24) is 9.78 Å². The molecule has 2 amide bonds. The van der Waals surface area contributed by atoms with Crippen molar-refractivity contribution >= 4 is 51.1 Å². The van der Waals surface area contributed by atoms with Gasteiger partial charge in [-0.05, 0) is 103 Å². The minimum atomic E-state index is -0.162. The van der Waals surface area contributed by atoms with Crippen molar-refractivity contribution in [2.24, 2.45) is 5.92 Å². The van der Waals surface area contributed by atoms with Gasteiger partial charge in [-0.25, -0.2) is 4.68 Å². The van der Waals surface area contributed by atoms with Crippen LogP contribution < -0.4 is 15.5 Å². The highest BCUT2D eigenvalue weighted by molar-refractivity contribution is 7.12. The Morgan fingerprint density at radius 1 is 0.878 bits per heavy atom. The number of rotatable bonds is 8. The number of aliphatic hydroxyl groups excluding tert-OH is 1. The van der Waals surface area contributed by atoms with Crippen LogP contribution in [-0.2, 0) is 0 Å². The lowest BCUT2D eigenvalue weighted by Gasteiger charge is -2.33. The number of nitrogens with one attached hydrogen (secondary N) is 2. The molecule has 41 heavy (non-hydrogen) atoms. The summed E-state index contributed by atoms with van der Waals surface area (Å²) in [5.74, 6) is 0.310. The lowest BCUT2D eigenvalue weighted by atomic mass is 9.93. The highest BCUT2D eigenvalue weighted by Crippen LogP contribution is 2.27. The molecule has 0 bridgehead atoms. The zero-order chi connectivity index (χ0) is 28.2. The Morgan fingerprint density at radius 3 is 2.29 bits per heavy atom.